The molecular weight excluding hydrogens is 122 g/mol. The van der Waals surface area contributed by atoms with Crippen molar-refractivity contribution < 1.29 is 0 Å². The van der Waals surface area contributed by atoms with Gasteiger partial charge in [-0.1, -0.05) is 5.92 Å². The summed E-state index contributed by atoms with van der Waals surface area (Å²) < 4.78 is 0. The molecule has 0 aliphatic heterocycles. The Labute approximate surface area is 63.2 Å². The van der Waals surface area contributed by atoms with E-state index in [1.54, 1.807) is 0 Å². The Balaban J connectivity index is 3.51. The molecule has 0 saturated carbocycles. The van der Waals surface area contributed by atoms with Gasteiger partial charge in [0.05, 0.1) is 6.04 Å². The van der Waals surface area contributed by atoms with Crippen molar-refractivity contribution in [3.05, 3.63) is 0 Å². The fraction of sp³-hybridized carbons (Fsp3) is 0.556. The lowest BCUT2D eigenvalue weighted by Gasteiger charge is -2.12. The highest BCUT2D eigenvalue weighted by atomic mass is 14.9. The zero-order valence-corrected chi connectivity index (χ0v) is 6.52. The summed E-state index contributed by atoms with van der Waals surface area (Å²) in [6.45, 7) is 3.96. The van der Waals surface area contributed by atoms with Gasteiger partial charge in [0.1, 0.15) is 0 Å². The molecule has 1 heteroatoms. The van der Waals surface area contributed by atoms with Crippen LogP contribution in [0.25, 0.3) is 0 Å². The maximum absolute atomic E-state index is 5.15. The fourth-order valence-electron chi connectivity index (χ4n) is 0.711. The minimum atomic E-state index is 0.114. The molecule has 0 spiro atoms. The maximum atomic E-state index is 5.15. The predicted octanol–water partition coefficient (Wildman–Crippen LogP) is 1.01. The van der Waals surface area contributed by atoms with Gasteiger partial charge >= 0.3 is 0 Å². The molecule has 0 aromatic carbocycles. The molecule has 10 heavy (non-hydrogen) atoms. The molecule has 1 nitrogen and oxygen atoms in total. The van der Waals surface area contributed by atoms with Gasteiger partial charge in [0.2, 0.25) is 0 Å². The second kappa shape index (κ2) is 4.91. The van der Waals surface area contributed by atoms with Crippen molar-refractivity contribution in [2.24, 2.45) is 0 Å². The van der Waals surface area contributed by atoms with Crippen molar-refractivity contribution in [2.45, 2.75) is 32.4 Å². The first-order valence-electron chi connectivity index (χ1n) is 3.36. The summed E-state index contributed by atoms with van der Waals surface area (Å²) in [5.41, 5.74) is 0. The van der Waals surface area contributed by atoms with Crippen LogP contribution < -0.4 is 5.32 Å². The van der Waals surface area contributed by atoms with Gasteiger partial charge in [-0.3, -0.25) is 0 Å². The molecule has 2 unspecified atom stereocenters. The van der Waals surface area contributed by atoms with Crippen LogP contribution in [0.5, 0.6) is 0 Å². The van der Waals surface area contributed by atoms with Crippen molar-refractivity contribution in [3.63, 3.8) is 0 Å². The molecule has 0 amide bonds. The van der Waals surface area contributed by atoms with Crippen LogP contribution in [-0.4, -0.2) is 12.1 Å². The largest absolute Gasteiger partial charge is 0.300 e. The number of hydrogen-bond acceptors (Lipinski definition) is 1. The van der Waals surface area contributed by atoms with Crippen molar-refractivity contribution in [3.8, 4) is 24.7 Å². The molecule has 0 aromatic rings. The highest BCUT2D eigenvalue weighted by Gasteiger charge is 2.01. The van der Waals surface area contributed by atoms with Crippen molar-refractivity contribution in [1.29, 1.82) is 0 Å². The number of nitrogens with one attached hydrogen (secondary N) is 1. The summed E-state index contributed by atoms with van der Waals surface area (Å²) >= 11 is 0. The normalized spacial score (nSPS) is 14.8. The lowest BCUT2D eigenvalue weighted by atomic mass is 10.2. The van der Waals surface area contributed by atoms with Gasteiger partial charge in [0, 0.05) is 12.5 Å². The summed E-state index contributed by atoms with van der Waals surface area (Å²) in [6, 6.07) is 0.430. The second-order valence-electron chi connectivity index (χ2n) is 2.36. The molecule has 1 N–H and O–H groups in total. The van der Waals surface area contributed by atoms with Crippen molar-refractivity contribution >= 4 is 0 Å². The Hall–Kier alpha value is -0.920. The molecule has 0 heterocycles. The van der Waals surface area contributed by atoms with E-state index in [9.17, 15) is 0 Å². The first kappa shape index (κ1) is 9.08. The van der Waals surface area contributed by atoms with E-state index in [-0.39, 0.29) is 6.04 Å². The van der Waals surface area contributed by atoms with Crippen LogP contribution in [0.4, 0.5) is 0 Å². The van der Waals surface area contributed by atoms with E-state index in [1.807, 2.05) is 13.8 Å². The Morgan fingerprint density at radius 3 is 2.40 bits per heavy atom. The monoisotopic (exact) mass is 135 g/mol. The first-order chi connectivity index (χ1) is 4.70. The summed E-state index contributed by atoms with van der Waals surface area (Å²) in [6.07, 6.45) is 11.0. The Morgan fingerprint density at radius 2 is 2.00 bits per heavy atom. The Kier molecular flexibility index (Phi) is 4.46. The average Bonchev–Trinajstić information content (AvgIpc) is 1.88. The lowest BCUT2D eigenvalue weighted by Crippen LogP contribution is -2.32. The van der Waals surface area contributed by atoms with Gasteiger partial charge in [-0.15, -0.1) is 18.8 Å². The third kappa shape index (κ3) is 4.01. The fourth-order valence-corrected chi connectivity index (χ4v) is 0.711. The molecular formula is C9H13N. The summed E-state index contributed by atoms with van der Waals surface area (Å²) in [4.78, 5) is 0. The van der Waals surface area contributed by atoms with E-state index in [0.29, 0.717) is 6.04 Å². The third-order valence-electron chi connectivity index (χ3n) is 1.21. The predicted molar refractivity (Wildman–Crippen MR) is 44.3 cm³/mol. The standard InChI is InChI=1S/C9H13N/c1-5-7-9(4)10-8(3)6-2/h1-2,8-10H,7H2,3-4H3. The molecule has 0 aliphatic rings. The second-order valence-corrected chi connectivity index (χ2v) is 2.36. The van der Waals surface area contributed by atoms with E-state index < -0.39 is 0 Å². The van der Waals surface area contributed by atoms with E-state index in [0.717, 1.165) is 6.42 Å². The van der Waals surface area contributed by atoms with E-state index in [1.165, 1.54) is 0 Å². The number of rotatable bonds is 3. The van der Waals surface area contributed by atoms with Gasteiger partial charge in [-0.25, -0.2) is 0 Å². The van der Waals surface area contributed by atoms with E-state index >= 15 is 0 Å². The molecule has 54 valence electrons. The average molecular weight is 135 g/mol. The van der Waals surface area contributed by atoms with Gasteiger partial charge in [-0.05, 0) is 13.8 Å². The topological polar surface area (TPSA) is 12.0 Å². The minimum absolute atomic E-state index is 0.114. The molecule has 0 fully saturated rings. The highest BCUT2D eigenvalue weighted by molar-refractivity contribution is 4.98. The molecule has 0 aromatic heterocycles. The summed E-state index contributed by atoms with van der Waals surface area (Å²) in [5, 5.41) is 3.15. The summed E-state index contributed by atoms with van der Waals surface area (Å²) in [7, 11) is 0. The molecule has 0 radical (unpaired) electrons. The molecule has 0 aliphatic carbocycles. The zero-order chi connectivity index (χ0) is 7.98. The molecule has 0 bridgehead atoms. The van der Waals surface area contributed by atoms with Gasteiger partial charge in [-0.2, -0.15) is 0 Å². The third-order valence-corrected chi connectivity index (χ3v) is 1.21. The van der Waals surface area contributed by atoms with E-state index in [4.69, 9.17) is 12.8 Å². The minimum Gasteiger partial charge on any atom is -0.300 e. The quantitative estimate of drug-likeness (QED) is 0.569. The SMILES string of the molecule is C#CCC(C)NC(C)C#C. The van der Waals surface area contributed by atoms with Crippen LogP contribution >= 0.6 is 0 Å². The zero-order valence-electron chi connectivity index (χ0n) is 6.52. The van der Waals surface area contributed by atoms with Gasteiger partial charge in [0.25, 0.3) is 0 Å². The lowest BCUT2D eigenvalue weighted by molar-refractivity contribution is 0.534. The van der Waals surface area contributed by atoms with Gasteiger partial charge < -0.3 is 5.32 Å². The number of hydrogen-bond donors (Lipinski definition) is 1. The number of terminal acetylenes is 2. The Morgan fingerprint density at radius 1 is 1.40 bits per heavy atom. The first-order valence-corrected chi connectivity index (χ1v) is 3.36. The van der Waals surface area contributed by atoms with Crippen LogP contribution in [0.2, 0.25) is 0 Å². The van der Waals surface area contributed by atoms with Gasteiger partial charge in [0.15, 0.2) is 0 Å². The van der Waals surface area contributed by atoms with Crippen molar-refractivity contribution in [1.82, 2.24) is 5.32 Å². The van der Waals surface area contributed by atoms with Crippen LogP contribution in [-0.2, 0) is 0 Å². The highest BCUT2D eigenvalue weighted by Crippen LogP contribution is 1.89. The van der Waals surface area contributed by atoms with Crippen LogP contribution in [0, 0.1) is 24.7 Å². The van der Waals surface area contributed by atoms with Crippen molar-refractivity contribution in [2.75, 3.05) is 0 Å². The molecule has 0 rings (SSSR count). The van der Waals surface area contributed by atoms with Crippen LogP contribution in [0.3, 0.4) is 0 Å². The smallest absolute Gasteiger partial charge is 0.0660 e. The van der Waals surface area contributed by atoms with Crippen LogP contribution in [0.1, 0.15) is 20.3 Å². The molecule has 2 atom stereocenters. The van der Waals surface area contributed by atoms with E-state index in [2.05, 4.69) is 17.2 Å². The maximum Gasteiger partial charge on any atom is 0.0660 e. The van der Waals surface area contributed by atoms with Crippen LogP contribution in [0.15, 0.2) is 0 Å². The molecule has 0 saturated heterocycles. The summed E-state index contributed by atoms with van der Waals surface area (Å²) in [5.74, 6) is 5.14. The Bertz CT molecular complexity index is 159.